The van der Waals surface area contributed by atoms with Gasteiger partial charge in [0.25, 0.3) is 5.91 Å². The Hall–Kier alpha value is -3.51. The summed E-state index contributed by atoms with van der Waals surface area (Å²) in [5, 5.41) is 4.39. The van der Waals surface area contributed by atoms with Crippen LogP contribution < -0.4 is 5.32 Å². The molecule has 0 unspecified atom stereocenters. The second kappa shape index (κ2) is 10.0. The monoisotopic (exact) mass is 484 g/mol. The predicted molar refractivity (Wildman–Crippen MR) is 141 cm³/mol. The van der Waals surface area contributed by atoms with Gasteiger partial charge >= 0.3 is 5.97 Å². The number of thiophene rings is 1. The fourth-order valence-corrected chi connectivity index (χ4v) is 6.06. The molecule has 1 amide bonds. The molecule has 178 valence electrons. The summed E-state index contributed by atoms with van der Waals surface area (Å²) in [7, 11) is 1.38. The van der Waals surface area contributed by atoms with E-state index in [-0.39, 0.29) is 5.91 Å². The number of ether oxygens (including phenoxy) is 1. The molecule has 0 atom stereocenters. The molecule has 5 rings (SSSR count). The maximum Gasteiger partial charge on any atom is 0.341 e. The summed E-state index contributed by atoms with van der Waals surface area (Å²) < 4.78 is 5.07. The molecule has 0 bridgehead atoms. The first kappa shape index (κ1) is 23.2. The van der Waals surface area contributed by atoms with E-state index in [9.17, 15) is 9.59 Å². The third kappa shape index (κ3) is 4.58. The van der Waals surface area contributed by atoms with Gasteiger partial charge in [-0.05, 0) is 55.4 Å². The lowest BCUT2D eigenvalue weighted by Crippen LogP contribution is -2.16. The van der Waals surface area contributed by atoms with Crippen LogP contribution in [0.5, 0.6) is 0 Å². The molecule has 6 heteroatoms. The van der Waals surface area contributed by atoms with E-state index in [0.717, 1.165) is 66.2 Å². The topological polar surface area (TPSA) is 68.3 Å². The van der Waals surface area contributed by atoms with Crippen LogP contribution in [-0.4, -0.2) is 24.0 Å². The molecule has 0 saturated carbocycles. The minimum atomic E-state index is -0.396. The summed E-state index contributed by atoms with van der Waals surface area (Å²) in [5.41, 5.74) is 5.81. The van der Waals surface area contributed by atoms with Crippen molar-refractivity contribution in [3.63, 3.8) is 0 Å². The number of anilines is 1. The summed E-state index contributed by atoms with van der Waals surface area (Å²) in [6.45, 7) is 2.17. The lowest BCUT2D eigenvalue weighted by atomic mass is 9.95. The molecule has 35 heavy (non-hydrogen) atoms. The van der Waals surface area contributed by atoms with Crippen LogP contribution >= 0.6 is 11.3 Å². The lowest BCUT2D eigenvalue weighted by molar-refractivity contribution is 0.0601. The van der Waals surface area contributed by atoms with Crippen LogP contribution in [0.2, 0.25) is 0 Å². The fourth-order valence-electron chi connectivity index (χ4n) is 4.78. The highest BCUT2D eigenvalue weighted by atomic mass is 32.1. The molecule has 1 N–H and O–H groups in total. The summed E-state index contributed by atoms with van der Waals surface area (Å²) in [5.74, 6) is -0.650. The van der Waals surface area contributed by atoms with E-state index in [2.05, 4.69) is 36.5 Å². The third-order valence-electron chi connectivity index (χ3n) is 6.54. The number of benzene rings is 2. The number of hydrogen-bond acceptors (Lipinski definition) is 5. The first-order chi connectivity index (χ1) is 17.1. The van der Waals surface area contributed by atoms with E-state index in [1.54, 1.807) is 0 Å². The Morgan fingerprint density at radius 2 is 1.83 bits per heavy atom. The Morgan fingerprint density at radius 3 is 2.60 bits per heavy atom. The van der Waals surface area contributed by atoms with Gasteiger partial charge in [0.15, 0.2) is 0 Å². The van der Waals surface area contributed by atoms with Gasteiger partial charge in [-0.25, -0.2) is 9.78 Å². The van der Waals surface area contributed by atoms with Crippen molar-refractivity contribution in [1.82, 2.24) is 4.98 Å². The molecule has 5 nitrogen and oxygen atoms in total. The molecule has 1 aliphatic carbocycles. The van der Waals surface area contributed by atoms with Gasteiger partial charge in [0.1, 0.15) is 5.00 Å². The van der Waals surface area contributed by atoms with Crippen LogP contribution in [0, 0.1) is 0 Å². The molecule has 2 heterocycles. The van der Waals surface area contributed by atoms with Gasteiger partial charge in [-0.15, -0.1) is 11.3 Å². The fraction of sp³-hybridized carbons (Fsp3) is 0.276. The largest absolute Gasteiger partial charge is 0.465 e. The van der Waals surface area contributed by atoms with Crippen molar-refractivity contribution in [1.29, 1.82) is 0 Å². The second-order valence-electron chi connectivity index (χ2n) is 8.88. The Balaban J connectivity index is 1.55. The number of methoxy groups -OCH3 is 1. The SMILES string of the molecule is CCCc1ccc(-c2cc(C(=O)Nc3sc4c(c3C(=O)OC)CCCC4)c3ccccc3n2)cc1. The number of nitrogens with one attached hydrogen (secondary N) is 1. The summed E-state index contributed by atoms with van der Waals surface area (Å²) in [6, 6.07) is 17.9. The molecule has 0 radical (unpaired) electrons. The molecule has 4 aromatic rings. The molecule has 2 aromatic carbocycles. The van der Waals surface area contributed by atoms with E-state index < -0.39 is 5.97 Å². The zero-order chi connectivity index (χ0) is 24.4. The van der Waals surface area contributed by atoms with Gasteiger partial charge in [-0.1, -0.05) is 55.8 Å². The number of carbonyl (C=O) groups excluding carboxylic acids is 2. The molecular formula is C29H28N2O3S. The maximum absolute atomic E-state index is 13.6. The van der Waals surface area contributed by atoms with Crippen molar-refractivity contribution < 1.29 is 14.3 Å². The summed E-state index contributed by atoms with van der Waals surface area (Å²) >= 11 is 1.49. The van der Waals surface area contributed by atoms with Crippen molar-refractivity contribution in [2.24, 2.45) is 0 Å². The molecule has 0 spiro atoms. The number of carbonyl (C=O) groups is 2. The van der Waals surface area contributed by atoms with E-state index in [4.69, 9.17) is 9.72 Å². The maximum atomic E-state index is 13.6. The van der Waals surface area contributed by atoms with Gasteiger partial charge in [-0.3, -0.25) is 4.79 Å². The number of fused-ring (bicyclic) bond motifs is 2. The first-order valence-corrected chi connectivity index (χ1v) is 12.9. The molecule has 0 fully saturated rings. The highest BCUT2D eigenvalue weighted by Crippen LogP contribution is 2.39. The Kier molecular flexibility index (Phi) is 6.64. The number of esters is 1. The molecule has 1 aliphatic rings. The third-order valence-corrected chi connectivity index (χ3v) is 7.74. The highest BCUT2D eigenvalue weighted by molar-refractivity contribution is 7.17. The van der Waals surface area contributed by atoms with Crippen LogP contribution in [-0.2, 0) is 24.0 Å². The number of nitrogens with zero attached hydrogens (tertiary/aromatic N) is 1. The van der Waals surface area contributed by atoms with Crippen molar-refractivity contribution >= 4 is 39.1 Å². The zero-order valence-electron chi connectivity index (χ0n) is 20.0. The first-order valence-electron chi connectivity index (χ1n) is 12.1. The molecule has 2 aromatic heterocycles. The van der Waals surface area contributed by atoms with E-state index >= 15 is 0 Å². The molecule has 0 aliphatic heterocycles. The zero-order valence-corrected chi connectivity index (χ0v) is 20.8. The average molecular weight is 485 g/mol. The number of para-hydroxylation sites is 1. The standard InChI is InChI=1S/C29H28N2O3S/c1-3-8-18-13-15-19(16-14-18)24-17-22(20-9-4-6-11-23(20)30-24)27(32)31-28-26(29(33)34-2)21-10-5-7-12-25(21)35-28/h4,6,9,11,13-17H,3,5,7-8,10,12H2,1-2H3,(H,31,32). The van der Waals surface area contributed by atoms with Crippen molar-refractivity contribution in [2.45, 2.75) is 45.4 Å². The van der Waals surface area contributed by atoms with E-state index in [0.29, 0.717) is 16.1 Å². The summed E-state index contributed by atoms with van der Waals surface area (Å²) in [6.07, 6.45) is 6.02. The highest BCUT2D eigenvalue weighted by Gasteiger charge is 2.27. The van der Waals surface area contributed by atoms with Crippen LogP contribution in [0.15, 0.2) is 54.6 Å². The van der Waals surface area contributed by atoms with Crippen LogP contribution in [0.3, 0.4) is 0 Å². The lowest BCUT2D eigenvalue weighted by Gasteiger charge is -2.12. The average Bonchev–Trinajstić information content (AvgIpc) is 3.26. The number of aryl methyl sites for hydroxylation is 2. The number of rotatable bonds is 6. The Labute approximate surface area is 209 Å². The van der Waals surface area contributed by atoms with Gasteiger partial charge in [0.2, 0.25) is 0 Å². The number of hydrogen-bond donors (Lipinski definition) is 1. The summed E-state index contributed by atoms with van der Waals surface area (Å²) in [4.78, 5) is 32.3. The quantitative estimate of drug-likeness (QED) is 0.305. The van der Waals surface area contributed by atoms with Crippen molar-refractivity contribution in [2.75, 3.05) is 12.4 Å². The van der Waals surface area contributed by atoms with Gasteiger partial charge in [0, 0.05) is 15.8 Å². The van der Waals surface area contributed by atoms with Gasteiger partial charge < -0.3 is 10.1 Å². The van der Waals surface area contributed by atoms with E-state index in [1.165, 1.54) is 28.9 Å². The second-order valence-corrected chi connectivity index (χ2v) is 9.99. The molecular weight excluding hydrogens is 456 g/mol. The smallest absolute Gasteiger partial charge is 0.341 e. The number of pyridine rings is 1. The van der Waals surface area contributed by atoms with Crippen LogP contribution in [0.4, 0.5) is 5.00 Å². The van der Waals surface area contributed by atoms with Crippen LogP contribution in [0.25, 0.3) is 22.2 Å². The Bertz CT molecular complexity index is 1410. The van der Waals surface area contributed by atoms with Crippen molar-refractivity contribution in [3.05, 3.63) is 81.7 Å². The normalized spacial score (nSPS) is 12.9. The van der Waals surface area contributed by atoms with Crippen LogP contribution in [0.1, 0.15) is 62.9 Å². The Morgan fingerprint density at radius 1 is 1.06 bits per heavy atom. The minimum absolute atomic E-state index is 0.254. The van der Waals surface area contributed by atoms with E-state index in [1.807, 2.05) is 30.3 Å². The predicted octanol–water partition coefficient (Wildman–Crippen LogP) is 6.83. The van der Waals surface area contributed by atoms with Gasteiger partial charge in [0.05, 0.1) is 29.4 Å². The molecule has 0 saturated heterocycles. The number of aromatic nitrogens is 1. The number of amides is 1. The minimum Gasteiger partial charge on any atom is -0.465 e. The van der Waals surface area contributed by atoms with Crippen molar-refractivity contribution in [3.8, 4) is 11.3 Å². The van der Waals surface area contributed by atoms with Gasteiger partial charge in [-0.2, -0.15) is 0 Å².